The zero-order valence-electron chi connectivity index (χ0n) is 16.2. The maximum atomic E-state index is 5.84. The summed E-state index contributed by atoms with van der Waals surface area (Å²) in [5, 5.41) is 0. The molecule has 0 aliphatic carbocycles. The van der Waals surface area contributed by atoms with E-state index in [2.05, 4.69) is 71.9 Å². The fourth-order valence-electron chi connectivity index (χ4n) is 3.37. The van der Waals surface area contributed by atoms with Crippen molar-refractivity contribution in [2.24, 2.45) is 16.5 Å². The first kappa shape index (κ1) is 20.5. The number of nitrogens with zero attached hydrogens (tertiary/aromatic N) is 1. The van der Waals surface area contributed by atoms with Gasteiger partial charge in [-0.3, -0.25) is 0 Å². The maximum Gasteiger partial charge on any atom is 0.0965 e. The molecule has 4 heteroatoms. The molecule has 0 atom stereocenters. The van der Waals surface area contributed by atoms with Crippen molar-refractivity contribution in [3.05, 3.63) is 64.7 Å². The molecule has 0 spiro atoms. The predicted octanol–water partition coefficient (Wildman–Crippen LogP) is 4.78. The van der Waals surface area contributed by atoms with Crippen molar-refractivity contribution in [1.29, 1.82) is 0 Å². The Kier molecular flexibility index (Phi) is 8.20. The Hall–Kier alpha value is -1.78. The Labute approximate surface area is 162 Å². The van der Waals surface area contributed by atoms with E-state index < -0.39 is 0 Å². The third-order valence-corrected chi connectivity index (χ3v) is 5.62. The molecular weight excluding hydrogens is 338 g/mol. The average molecular weight is 370 g/mol. The Balaban J connectivity index is 0.00000117. The molecule has 3 rings (SSSR count). The Morgan fingerprint density at radius 1 is 1.12 bits per heavy atom. The zero-order chi connectivity index (χ0) is 18.9. The van der Waals surface area contributed by atoms with Crippen LogP contribution in [0, 0.1) is 6.92 Å². The van der Waals surface area contributed by atoms with E-state index in [1.54, 1.807) is 0 Å². The monoisotopic (exact) mass is 369 g/mol. The highest BCUT2D eigenvalue weighted by atomic mass is 32.2. The van der Waals surface area contributed by atoms with Gasteiger partial charge in [-0.25, -0.2) is 4.99 Å². The van der Waals surface area contributed by atoms with Crippen LogP contribution in [-0.2, 0) is 6.42 Å². The standard InChI is InChI=1S/C21H26N2S.CH5N/c1-15-4-3-5-17(12-15)13-20-14-19(18-8-10-24-11-9-18)6-7-21(20)23-16(2)22;1-2/h3-7,12,14,18H,8-11,13H2,1-2H3,(H2,22,23);2H2,1H3. The van der Waals surface area contributed by atoms with Crippen molar-refractivity contribution < 1.29 is 0 Å². The number of nitrogens with two attached hydrogens (primary N) is 2. The lowest BCUT2D eigenvalue weighted by Crippen LogP contribution is -2.08. The molecule has 4 N–H and O–H groups in total. The molecule has 140 valence electrons. The van der Waals surface area contributed by atoms with Gasteiger partial charge in [0.1, 0.15) is 0 Å². The van der Waals surface area contributed by atoms with Gasteiger partial charge in [0.15, 0.2) is 0 Å². The molecular formula is C22H31N3S. The van der Waals surface area contributed by atoms with Crippen LogP contribution in [0.5, 0.6) is 0 Å². The summed E-state index contributed by atoms with van der Waals surface area (Å²) in [6.45, 7) is 3.99. The van der Waals surface area contributed by atoms with Gasteiger partial charge in [0.05, 0.1) is 11.5 Å². The molecule has 1 fully saturated rings. The third kappa shape index (κ3) is 5.89. The molecule has 0 unspecified atom stereocenters. The topological polar surface area (TPSA) is 64.4 Å². The van der Waals surface area contributed by atoms with Crippen molar-refractivity contribution in [1.82, 2.24) is 0 Å². The number of benzene rings is 2. The van der Waals surface area contributed by atoms with Crippen LogP contribution >= 0.6 is 11.8 Å². The van der Waals surface area contributed by atoms with E-state index in [-0.39, 0.29) is 0 Å². The number of aliphatic imine (C=N–C) groups is 1. The maximum absolute atomic E-state index is 5.84. The first-order valence-electron chi connectivity index (χ1n) is 9.26. The summed E-state index contributed by atoms with van der Waals surface area (Å²) in [7, 11) is 1.50. The van der Waals surface area contributed by atoms with Crippen molar-refractivity contribution in [2.45, 2.75) is 39.0 Å². The summed E-state index contributed by atoms with van der Waals surface area (Å²) < 4.78 is 0. The summed E-state index contributed by atoms with van der Waals surface area (Å²) in [4.78, 5) is 4.55. The fraction of sp³-hybridized carbons (Fsp3) is 0.409. The van der Waals surface area contributed by atoms with Crippen molar-refractivity contribution >= 4 is 23.3 Å². The molecule has 0 bridgehead atoms. The van der Waals surface area contributed by atoms with E-state index >= 15 is 0 Å². The van der Waals surface area contributed by atoms with E-state index in [0.29, 0.717) is 11.8 Å². The van der Waals surface area contributed by atoms with Crippen molar-refractivity contribution in [3.8, 4) is 0 Å². The third-order valence-electron chi connectivity index (χ3n) is 4.57. The second-order valence-corrected chi connectivity index (χ2v) is 7.92. The molecule has 1 aliphatic heterocycles. The van der Waals surface area contributed by atoms with Crippen LogP contribution < -0.4 is 11.5 Å². The lowest BCUT2D eigenvalue weighted by molar-refractivity contribution is 0.636. The molecule has 1 aliphatic rings. The molecule has 2 aromatic carbocycles. The number of amidine groups is 1. The Bertz CT molecular complexity index is 730. The zero-order valence-corrected chi connectivity index (χ0v) is 17.0. The highest BCUT2D eigenvalue weighted by Gasteiger charge is 2.17. The largest absolute Gasteiger partial charge is 0.387 e. The van der Waals surface area contributed by atoms with Crippen LogP contribution in [0.25, 0.3) is 0 Å². The van der Waals surface area contributed by atoms with Crippen LogP contribution in [0.3, 0.4) is 0 Å². The molecule has 1 heterocycles. The normalized spacial score (nSPS) is 15.3. The van der Waals surface area contributed by atoms with Crippen LogP contribution in [0.1, 0.15) is 47.9 Å². The highest BCUT2D eigenvalue weighted by molar-refractivity contribution is 7.99. The van der Waals surface area contributed by atoms with Gasteiger partial charge in [0.2, 0.25) is 0 Å². The van der Waals surface area contributed by atoms with E-state index in [9.17, 15) is 0 Å². The molecule has 0 amide bonds. The molecule has 0 aromatic heterocycles. The molecule has 26 heavy (non-hydrogen) atoms. The van der Waals surface area contributed by atoms with Gasteiger partial charge in [-0.2, -0.15) is 11.8 Å². The minimum atomic E-state index is 0.613. The van der Waals surface area contributed by atoms with Gasteiger partial charge in [0, 0.05) is 0 Å². The number of hydrogen-bond donors (Lipinski definition) is 2. The molecule has 2 aromatic rings. The summed E-state index contributed by atoms with van der Waals surface area (Å²) in [6.07, 6.45) is 3.48. The summed E-state index contributed by atoms with van der Waals surface area (Å²) >= 11 is 2.07. The molecule has 1 saturated heterocycles. The van der Waals surface area contributed by atoms with Crippen molar-refractivity contribution in [3.63, 3.8) is 0 Å². The van der Waals surface area contributed by atoms with Crippen LogP contribution in [0.15, 0.2) is 47.5 Å². The summed E-state index contributed by atoms with van der Waals surface area (Å²) in [6, 6.07) is 15.5. The van der Waals surface area contributed by atoms with E-state index in [0.717, 1.165) is 12.1 Å². The second kappa shape index (κ2) is 10.4. The Morgan fingerprint density at radius 3 is 2.50 bits per heavy atom. The average Bonchev–Trinajstić information content (AvgIpc) is 2.65. The highest BCUT2D eigenvalue weighted by Crippen LogP contribution is 2.34. The number of hydrogen-bond acceptors (Lipinski definition) is 3. The number of aryl methyl sites for hydroxylation is 1. The molecule has 0 saturated carbocycles. The quantitative estimate of drug-likeness (QED) is 0.602. The lowest BCUT2D eigenvalue weighted by atomic mass is 9.90. The van der Waals surface area contributed by atoms with Gasteiger partial charge in [-0.1, -0.05) is 42.0 Å². The lowest BCUT2D eigenvalue weighted by Gasteiger charge is -2.22. The van der Waals surface area contributed by atoms with Crippen molar-refractivity contribution in [2.75, 3.05) is 18.6 Å². The molecule has 0 radical (unpaired) electrons. The Morgan fingerprint density at radius 2 is 1.85 bits per heavy atom. The van der Waals surface area contributed by atoms with E-state index in [1.165, 1.54) is 53.6 Å². The minimum Gasteiger partial charge on any atom is -0.387 e. The van der Waals surface area contributed by atoms with Crippen LogP contribution in [0.2, 0.25) is 0 Å². The predicted molar refractivity (Wildman–Crippen MR) is 117 cm³/mol. The van der Waals surface area contributed by atoms with Gasteiger partial charge in [0.25, 0.3) is 0 Å². The van der Waals surface area contributed by atoms with Gasteiger partial charge >= 0.3 is 0 Å². The number of rotatable bonds is 4. The molecule has 3 nitrogen and oxygen atoms in total. The first-order chi connectivity index (χ1) is 12.6. The van der Waals surface area contributed by atoms with Crippen LogP contribution in [0.4, 0.5) is 5.69 Å². The van der Waals surface area contributed by atoms with Gasteiger partial charge in [-0.15, -0.1) is 0 Å². The second-order valence-electron chi connectivity index (χ2n) is 6.69. The first-order valence-corrected chi connectivity index (χ1v) is 10.4. The van der Waals surface area contributed by atoms with Crippen LogP contribution in [-0.4, -0.2) is 24.4 Å². The smallest absolute Gasteiger partial charge is 0.0965 e. The van der Waals surface area contributed by atoms with Gasteiger partial charge in [-0.05, 0) is 80.3 Å². The van der Waals surface area contributed by atoms with Gasteiger partial charge < -0.3 is 11.5 Å². The SMILES string of the molecule is CC(N)=Nc1ccc(C2CCSCC2)cc1Cc1cccc(C)c1.CN. The summed E-state index contributed by atoms with van der Waals surface area (Å²) in [5.74, 6) is 3.86. The van der Waals surface area contributed by atoms with E-state index in [4.69, 9.17) is 5.73 Å². The fourth-order valence-corrected chi connectivity index (χ4v) is 4.48. The minimum absolute atomic E-state index is 0.613. The summed E-state index contributed by atoms with van der Waals surface area (Å²) in [5.41, 5.74) is 16.7. The van der Waals surface area contributed by atoms with E-state index in [1.807, 2.05) is 6.92 Å². The number of thioether (sulfide) groups is 1.